The first kappa shape index (κ1) is 19.5. The van der Waals surface area contributed by atoms with Crippen LogP contribution in [0, 0.1) is 5.92 Å². The summed E-state index contributed by atoms with van der Waals surface area (Å²) in [5.41, 5.74) is 3.87. The smallest absolute Gasteiger partial charge is 0.274 e. The molecular weight excluding hydrogens is 368 g/mol. The molecule has 29 heavy (non-hydrogen) atoms. The average molecular weight is 394 g/mol. The number of carbonyl (C=O) groups excluding carboxylic acids is 2. The van der Waals surface area contributed by atoms with E-state index in [0.29, 0.717) is 24.5 Å². The predicted octanol–water partition coefficient (Wildman–Crippen LogP) is 3.85. The van der Waals surface area contributed by atoms with E-state index >= 15 is 0 Å². The van der Waals surface area contributed by atoms with Crippen molar-refractivity contribution in [2.24, 2.45) is 5.92 Å². The Labute approximate surface area is 170 Å². The largest absolute Gasteiger partial charge is 0.491 e. The molecule has 6 nitrogen and oxygen atoms in total. The molecule has 0 aromatic heterocycles. The van der Waals surface area contributed by atoms with Crippen LogP contribution in [0.5, 0.6) is 5.75 Å². The van der Waals surface area contributed by atoms with Crippen LogP contribution >= 0.6 is 0 Å². The summed E-state index contributed by atoms with van der Waals surface area (Å²) in [5.74, 6) is 0.240. The molecule has 2 aliphatic rings. The molecule has 0 radical (unpaired) electrons. The van der Waals surface area contributed by atoms with Gasteiger partial charge in [-0.05, 0) is 30.5 Å². The first-order chi connectivity index (χ1) is 14.2. The lowest BCUT2D eigenvalue weighted by atomic mass is 9.87. The fraction of sp³-hybridized carbons (Fsp3) is 0.391. The van der Waals surface area contributed by atoms with Gasteiger partial charge in [0, 0.05) is 17.0 Å². The van der Waals surface area contributed by atoms with E-state index < -0.39 is 5.91 Å². The molecule has 6 heteroatoms. The summed E-state index contributed by atoms with van der Waals surface area (Å²) in [6, 6.07) is 14.8. The number of benzene rings is 2. The summed E-state index contributed by atoms with van der Waals surface area (Å²) in [4.78, 5) is 27.2. The molecule has 1 aliphatic heterocycles. The van der Waals surface area contributed by atoms with Gasteiger partial charge in [0.1, 0.15) is 12.4 Å². The molecule has 1 fully saturated rings. The Morgan fingerprint density at radius 2 is 1.79 bits per heavy atom. The van der Waals surface area contributed by atoms with E-state index in [1.807, 2.05) is 35.2 Å². The molecule has 1 heterocycles. The van der Waals surface area contributed by atoms with Crippen LogP contribution in [0.15, 0.2) is 48.5 Å². The number of carbonyl (C=O) groups is 2. The number of nitrogens with zero attached hydrogens (tertiary/aromatic N) is 1. The van der Waals surface area contributed by atoms with E-state index in [1.54, 1.807) is 23.7 Å². The van der Waals surface area contributed by atoms with E-state index in [0.717, 1.165) is 36.8 Å². The predicted molar refractivity (Wildman–Crippen MR) is 107 cm³/mol. The van der Waals surface area contributed by atoms with Crippen molar-refractivity contribution in [3.63, 3.8) is 0 Å². The van der Waals surface area contributed by atoms with Crippen molar-refractivity contribution in [3.8, 4) is 5.75 Å². The van der Waals surface area contributed by atoms with E-state index in [2.05, 4.69) is 0 Å². The normalized spacial score (nSPS) is 19.6. The second kappa shape index (κ2) is 8.66. The zero-order chi connectivity index (χ0) is 20.2. The van der Waals surface area contributed by atoms with Gasteiger partial charge in [-0.3, -0.25) is 14.8 Å². The van der Waals surface area contributed by atoms with Gasteiger partial charge in [-0.15, -0.1) is 0 Å². The molecule has 1 atom stereocenters. The molecule has 1 unspecified atom stereocenters. The third-order valence-corrected chi connectivity index (χ3v) is 5.97. The lowest BCUT2D eigenvalue weighted by molar-refractivity contribution is -0.140. The van der Waals surface area contributed by atoms with Gasteiger partial charge >= 0.3 is 0 Å². The highest BCUT2D eigenvalue weighted by Crippen LogP contribution is 2.35. The van der Waals surface area contributed by atoms with Crippen molar-refractivity contribution >= 4 is 11.8 Å². The number of fused-ring (bicyclic) bond motifs is 1. The molecule has 152 valence electrons. The SMILES string of the molecule is O=C(NO)c1ccc2c(c1)OCC(c1ccccc1)N(C(=O)C1CCCCC1)C2. The Bertz CT molecular complexity index is 878. The summed E-state index contributed by atoms with van der Waals surface area (Å²) < 4.78 is 6.06. The lowest BCUT2D eigenvalue weighted by Crippen LogP contribution is -2.40. The minimum Gasteiger partial charge on any atom is -0.491 e. The number of nitrogens with one attached hydrogen (secondary N) is 1. The molecule has 2 amide bonds. The average Bonchev–Trinajstić information content (AvgIpc) is 2.98. The molecule has 1 saturated carbocycles. The monoisotopic (exact) mass is 394 g/mol. The number of hydrogen-bond donors (Lipinski definition) is 2. The zero-order valence-electron chi connectivity index (χ0n) is 16.3. The van der Waals surface area contributed by atoms with Crippen molar-refractivity contribution in [3.05, 3.63) is 65.2 Å². The van der Waals surface area contributed by atoms with E-state index in [-0.39, 0.29) is 17.9 Å². The fourth-order valence-corrected chi connectivity index (χ4v) is 4.34. The Balaban J connectivity index is 1.68. The Morgan fingerprint density at radius 1 is 1.03 bits per heavy atom. The number of rotatable bonds is 3. The summed E-state index contributed by atoms with van der Waals surface area (Å²) in [7, 11) is 0. The highest BCUT2D eigenvalue weighted by Gasteiger charge is 2.34. The van der Waals surface area contributed by atoms with Gasteiger partial charge in [-0.2, -0.15) is 0 Å². The zero-order valence-corrected chi connectivity index (χ0v) is 16.3. The first-order valence-corrected chi connectivity index (χ1v) is 10.2. The summed E-state index contributed by atoms with van der Waals surface area (Å²) in [6.45, 7) is 0.755. The van der Waals surface area contributed by atoms with Crippen LogP contribution in [-0.4, -0.2) is 28.5 Å². The van der Waals surface area contributed by atoms with Crippen LogP contribution in [0.4, 0.5) is 0 Å². The lowest BCUT2D eigenvalue weighted by Gasteiger charge is -2.34. The molecule has 0 spiro atoms. The van der Waals surface area contributed by atoms with Crippen LogP contribution < -0.4 is 10.2 Å². The molecular formula is C23H26N2O4. The molecule has 4 rings (SSSR count). The van der Waals surface area contributed by atoms with Crippen LogP contribution in [0.2, 0.25) is 0 Å². The maximum absolute atomic E-state index is 13.5. The molecule has 2 aromatic rings. The number of amides is 2. The molecule has 2 aromatic carbocycles. The number of hydrogen-bond acceptors (Lipinski definition) is 4. The quantitative estimate of drug-likeness (QED) is 0.612. The van der Waals surface area contributed by atoms with E-state index in [1.165, 1.54) is 6.42 Å². The number of ether oxygens (including phenoxy) is 1. The van der Waals surface area contributed by atoms with Crippen molar-refractivity contribution in [1.82, 2.24) is 10.4 Å². The topological polar surface area (TPSA) is 78.9 Å². The third kappa shape index (κ3) is 4.12. The van der Waals surface area contributed by atoms with Crippen LogP contribution in [0.25, 0.3) is 0 Å². The maximum atomic E-state index is 13.5. The molecule has 2 N–H and O–H groups in total. The Morgan fingerprint density at radius 3 is 2.52 bits per heavy atom. The van der Waals surface area contributed by atoms with Gasteiger partial charge in [0.05, 0.1) is 12.6 Å². The van der Waals surface area contributed by atoms with Gasteiger partial charge in [0.2, 0.25) is 5.91 Å². The van der Waals surface area contributed by atoms with Gasteiger partial charge in [-0.1, -0.05) is 55.7 Å². The fourth-order valence-electron chi connectivity index (χ4n) is 4.34. The molecule has 1 aliphatic carbocycles. The molecule has 0 bridgehead atoms. The van der Waals surface area contributed by atoms with Crippen molar-refractivity contribution in [2.45, 2.75) is 44.7 Å². The summed E-state index contributed by atoms with van der Waals surface area (Å²) >= 11 is 0. The standard InChI is InChI=1S/C23H26N2O4/c26-22(24-28)18-11-12-19-14-25(23(27)17-9-5-2-6-10-17)20(15-29-21(19)13-18)16-7-3-1-4-8-16/h1,3-4,7-8,11-13,17,20,28H,2,5-6,9-10,14-15H2,(H,24,26). The van der Waals surface area contributed by atoms with E-state index in [9.17, 15) is 9.59 Å². The van der Waals surface area contributed by atoms with Gasteiger partial charge in [-0.25, -0.2) is 5.48 Å². The van der Waals surface area contributed by atoms with Crippen LogP contribution in [0.1, 0.15) is 59.6 Å². The minimum absolute atomic E-state index is 0.0657. The Hall–Kier alpha value is -2.86. The second-order valence-electron chi connectivity index (χ2n) is 7.80. The van der Waals surface area contributed by atoms with Crippen LogP contribution in [0.3, 0.4) is 0 Å². The van der Waals surface area contributed by atoms with Crippen LogP contribution in [-0.2, 0) is 11.3 Å². The van der Waals surface area contributed by atoms with Crippen molar-refractivity contribution < 1.29 is 19.5 Å². The maximum Gasteiger partial charge on any atom is 0.274 e. The Kier molecular flexibility index (Phi) is 5.81. The van der Waals surface area contributed by atoms with Gasteiger partial charge in [0.25, 0.3) is 5.91 Å². The van der Waals surface area contributed by atoms with Crippen molar-refractivity contribution in [2.75, 3.05) is 6.61 Å². The highest BCUT2D eigenvalue weighted by atomic mass is 16.5. The third-order valence-electron chi connectivity index (χ3n) is 5.97. The first-order valence-electron chi connectivity index (χ1n) is 10.2. The van der Waals surface area contributed by atoms with Crippen molar-refractivity contribution in [1.29, 1.82) is 0 Å². The highest BCUT2D eigenvalue weighted by molar-refractivity contribution is 5.93. The minimum atomic E-state index is -0.588. The summed E-state index contributed by atoms with van der Waals surface area (Å²) in [6.07, 6.45) is 5.30. The second-order valence-corrected chi connectivity index (χ2v) is 7.80. The van der Waals surface area contributed by atoms with Gasteiger partial charge < -0.3 is 9.64 Å². The molecule has 0 saturated heterocycles. The van der Waals surface area contributed by atoms with E-state index in [4.69, 9.17) is 9.94 Å². The van der Waals surface area contributed by atoms with Gasteiger partial charge in [0.15, 0.2) is 0 Å². The number of hydroxylamine groups is 1. The summed E-state index contributed by atoms with van der Waals surface area (Å²) in [5, 5.41) is 8.90.